The summed E-state index contributed by atoms with van der Waals surface area (Å²) in [6.07, 6.45) is 3.18. The number of amides is 3. The summed E-state index contributed by atoms with van der Waals surface area (Å²) in [5.41, 5.74) is 5.64. The molecule has 9 heteroatoms. The van der Waals surface area contributed by atoms with Crippen LogP contribution in [0.3, 0.4) is 0 Å². The van der Waals surface area contributed by atoms with E-state index in [1.54, 1.807) is 18.2 Å². The number of aryl methyl sites for hydroxylation is 2. The fourth-order valence-electron chi connectivity index (χ4n) is 2.97. The van der Waals surface area contributed by atoms with Crippen LogP contribution in [0.15, 0.2) is 41.5 Å². The second kappa shape index (κ2) is 11.1. The molecular formula is C24H28N4O5. The van der Waals surface area contributed by atoms with Crippen molar-refractivity contribution in [2.24, 2.45) is 5.10 Å². The van der Waals surface area contributed by atoms with E-state index in [1.165, 1.54) is 6.21 Å². The molecule has 0 saturated heterocycles. The molecule has 0 heterocycles. The number of rotatable bonds is 9. The lowest BCUT2D eigenvalue weighted by Crippen LogP contribution is -2.38. The number of hydrogen-bond acceptors (Lipinski definition) is 6. The first kappa shape index (κ1) is 23.8. The van der Waals surface area contributed by atoms with Crippen LogP contribution in [-0.2, 0) is 14.4 Å². The molecule has 0 radical (unpaired) electrons. The van der Waals surface area contributed by atoms with E-state index in [-0.39, 0.29) is 18.6 Å². The van der Waals surface area contributed by atoms with Gasteiger partial charge < -0.3 is 20.1 Å². The Bertz CT molecular complexity index is 1060. The lowest BCUT2D eigenvalue weighted by molar-refractivity contribution is -0.139. The summed E-state index contributed by atoms with van der Waals surface area (Å²) in [4.78, 5) is 35.7. The van der Waals surface area contributed by atoms with Crippen molar-refractivity contribution in [3.8, 4) is 11.5 Å². The average Bonchev–Trinajstić information content (AvgIpc) is 3.59. The lowest BCUT2D eigenvalue weighted by atomic mass is 10.1. The van der Waals surface area contributed by atoms with Gasteiger partial charge in [0, 0.05) is 11.7 Å². The fraction of sp³-hybridized carbons (Fsp3) is 0.333. The van der Waals surface area contributed by atoms with E-state index < -0.39 is 11.8 Å². The van der Waals surface area contributed by atoms with Crippen LogP contribution in [0.5, 0.6) is 11.5 Å². The van der Waals surface area contributed by atoms with Crippen molar-refractivity contribution in [1.82, 2.24) is 10.7 Å². The predicted molar refractivity (Wildman–Crippen MR) is 125 cm³/mol. The third-order valence-electron chi connectivity index (χ3n) is 4.78. The molecule has 9 nitrogen and oxygen atoms in total. The Morgan fingerprint density at radius 3 is 2.52 bits per heavy atom. The smallest absolute Gasteiger partial charge is 0.329 e. The van der Waals surface area contributed by atoms with Gasteiger partial charge in [0.2, 0.25) is 0 Å². The lowest BCUT2D eigenvalue weighted by Gasteiger charge is -2.13. The van der Waals surface area contributed by atoms with Crippen LogP contribution in [0.2, 0.25) is 0 Å². The van der Waals surface area contributed by atoms with Gasteiger partial charge in [0.1, 0.15) is 0 Å². The van der Waals surface area contributed by atoms with Crippen LogP contribution in [0.25, 0.3) is 0 Å². The van der Waals surface area contributed by atoms with Gasteiger partial charge in [0.25, 0.3) is 5.91 Å². The van der Waals surface area contributed by atoms with Crippen LogP contribution in [-0.4, -0.2) is 43.2 Å². The molecule has 0 atom stereocenters. The topological polar surface area (TPSA) is 118 Å². The molecule has 3 N–H and O–H groups in total. The molecule has 0 aromatic heterocycles. The summed E-state index contributed by atoms with van der Waals surface area (Å²) in [6, 6.07) is 10.9. The van der Waals surface area contributed by atoms with Crippen molar-refractivity contribution in [1.29, 1.82) is 0 Å². The van der Waals surface area contributed by atoms with E-state index in [0.29, 0.717) is 23.7 Å². The Hall–Kier alpha value is -3.88. The molecule has 1 aliphatic carbocycles. The van der Waals surface area contributed by atoms with Gasteiger partial charge in [-0.05, 0) is 69.0 Å². The van der Waals surface area contributed by atoms with Gasteiger partial charge in [-0.15, -0.1) is 0 Å². The quantitative estimate of drug-likeness (QED) is 0.307. The number of nitrogens with one attached hydrogen (secondary N) is 3. The Labute approximate surface area is 192 Å². The normalized spacial score (nSPS) is 12.8. The van der Waals surface area contributed by atoms with Crippen LogP contribution in [0.1, 0.15) is 36.5 Å². The minimum absolute atomic E-state index is 0.0940. The van der Waals surface area contributed by atoms with Crippen molar-refractivity contribution in [3.63, 3.8) is 0 Å². The van der Waals surface area contributed by atoms with E-state index >= 15 is 0 Å². The van der Waals surface area contributed by atoms with E-state index in [0.717, 1.165) is 29.7 Å². The summed E-state index contributed by atoms with van der Waals surface area (Å²) < 4.78 is 11.3. The molecular weight excluding hydrogens is 424 g/mol. The van der Waals surface area contributed by atoms with Crippen molar-refractivity contribution < 1.29 is 23.9 Å². The van der Waals surface area contributed by atoms with Crippen LogP contribution in [0.4, 0.5) is 5.69 Å². The number of nitrogens with zero attached hydrogens (tertiary/aromatic N) is 1. The summed E-state index contributed by atoms with van der Waals surface area (Å²) in [5, 5.41) is 9.23. The third kappa shape index (κ3) is 7.34. The molecule has 2 aromatic rings. The number of anilines is 1. The molecule has 0 aliphatic heterocycles. The minimum Gasteiger partial charge on any atom is -0.490 e. The molecule has 1 saturated carbocycles. The maximum Gasteiger partial charge on any atom is 0.329 e. The summed E-state index contributed by atoms with van der Waals surface area (Å²) >= 11 is 0. The van der Waals surface area contributed by atoms with Gasteiger partial charge in [-0.25, -0.2) is 5.43 Å². The first-order valence-electron chi connectivity index (χ1n) is 10.8. The second-order valence-electron chi connectivity index (χ2n) is 7.74. The molecule has 3 rings (SSSR count). The van der Waals surface area contributed by atoms with Gasteiger partial charge >= 0.3 is 11.8 Å². The Morgan fingerprint density at radius 2 is 1.82 bits per heavy atom. The van der Waals surface area contributed by atoms with E-state index in [1.807, 2.05) is 39.0 Å². The van der Waals surface area contributed by atoms with Crippen LogP contribution >= 0.6 is 0 Å². The van der Waals surface area contributed by atoms with Crippen molar-refractivity contribution in [2.75, 3.05) is 18.5 Å². The number of ether oxygens (including phenoxy) is 2. The second-order valence-corrected chi connectivity index (χ2v) is 7.74. The molecule has 1 fully saturated rings. The average molecular weight is 453 g/mol. The SMILES string of the molecule is CCOc1cc(/C=N\NC(=O)C(=O)NC2CC2)ccc1OCC(=O)Nc1ccc(C)cc1C. The third-order valence-corrected chi connectivity index (χ3v) is 4.78. The first-order chi connectivity index (χ1) is 15.9. The van der Waals surface area contributed by atoms with Crippen molar-refractivity contribution >= 4 is 29.6 Å². The highest BCUT2D eigenvalue weighted by atomic mass is 16.5. The largest absolute Gasteiger partial charge is 0.490 e. The summed E-state index contributed by atoms with van der Waals surface area (Å²) in [7, 11) is 0. The van der Waals surface area contributed by atoms with E-state index in [2.05, 4.69) is 21.2 Å². The summed E-state index contributed by atoms with van der Waals surface area (Å²) in [5.74, 6) is -0.983. The number of carbonyl (C=O) groups excluding carboxylic acids is 3. The van der Waals surface area contributed by atoms with Gasteiger partial charge in [0.15, 0.2) is 18.1 Å². The Balaban J connectivity index is 1.56. The summed E-state index contributed by atoms with van der Waals surface area (Å²) in [6.45, 7) is 5.96. The van der Waals surface area contributed by atoms with Gasteiger partial charge in [-0.2, -0.15) is 5.10 Å². The highest BCUT2D eigenvalue weighted by Crippen LogP contribution is 2.28. The molecule has 174 valence electrons. The Kier molecular flexibility index (Phi) is 8.01. The van der Waals surface area contributed by atoms with E-state index in [4.69, 9.17) is 9.47 Å². The molecule has 1 aliphatic rings. The fourth-order valence-corrected chi connectivity index (χ4v) is 2.97. The molecule has 0 unspecified atom stereocenters. The molecule has 0 bridgehead atoms. The minimum atomic E-state index is -0.821. The maximum atomic E-state index is 12.3. The zero-order chi connectivity index (χ0) is 23.8. The highest BCUT2D eigenvalue weighted by Gasteiger charge is 2.26. The maximum absolute atomic E-state index is 12.3. The molecule has 0 spiro atoms. The number of hydrogen-bond donors (Lipinski definition) is 3. The van der Waals surface area contributed by atoms with E-state index in [9.17, 15) is 14.4 Å². The van der Waals surface area contributed by atoms with Crippen LogP contribution in [0, 0.1) is 13.8 Å². The first-order valence-corrected chi connectivity index (χ1v) is 10.8. The number of carbonyl (C=O) groups is 3. The predicted octanol–water partition coefficient (Wildman–Crippen LogP) is 2.45. The molecule has 3 amide bonds. The highest BCUT2D eigenvalue weighted by molar-refractivity contribution is 6.35. The zero-order valence-electron chi connectivity index (χ0n) is 18.9. The zero-order valence-corrected chi connectivity index (χ0v) is 18.9. The van der Waals surface area contributed by atoms with Crippen molar-refractivity contribution in [2.45, 2.75) is 39.7 Å². The monoisotopic (exact) mass is 452 g/mol. The van der Waals surface area contributed by atoms with Gasteiger partial charge in [0.05, 0.1) is 12.8 Å². The molecule has 2 aromatic carbocycles. The van der Waals surface area contributed by atoms with Gasteiger partial charge in [-0.1, -0.05) is 17.7 Å². The Morgan fingerprint density at radius 1 is 1.03 bits per heavy atom. The molecule has 33 heavy (non-hydrogen) atoms. The number of benzene rings is 2. The van der Waals surface area contributed by atoms with Crippen LogP contribution < -0.4 is 25.5 Å². The van der Waals surface area contributed by atoms with Gasteiger partial charge in [-0.3, -0.25) is 14.4 Å². The number of hydrazone groups is 1. The standard InChI is InChI=1S/C24H28N4O5/c1-4-32-21-12-17(13-25-28-24(31)23(30)26-18-7-8-18)6-10-20(21)33-14-22(29)27-19-9-5-15(2)11-16(19)3/h5-6,9-13,18H,4,7-8,14H2,1-3H3,(H,26,30)(H,27,29)(H,28,31)/b25-13-. The van der Waals surface area contributed by atoms with Crippen molar-refractivity contribution in [3.05, 3.63) is 53.1 Å².